The standard InChI is InChI=1S/C26H31N3O5/c1-6-33-24(30)16-9-18-7-10-19(11-8-18)29(23-17-22(27-28-23)26(2,3)4)25(31)34-21-14-12-20(32-5)13-15-21/h7-8,10-15,17H,6,9,16H2,1-5H3,(H,27,28). The average Bonchev–Trinajstić information content (AvgIpc) is 3.30. The number of anilines is 2. The first-order valence-electron chi connectivity index (χ1n) is 11.2. The molecule has 3 aromatic rings. The Morgan fingerprint density at radius 2 is 1.65 bits per heavy atom. The molecule has 0 aliphatic rings. The molecule has 8 heteroatoms. The fourth-order valence-electron chi connectivity index (χ4n) is 3.22. The van der Waals surface area contributed by atoms with Crippen LogP contribution in [0.2, 0.25) is 0 Å². The van der Waals surface area contributed by atoms with Crippen LogP contribution in [0.25, 0.3) is 0 Å². The van der Waals surface area contributed by atoms with Crippen molar-refractivity contribution in [2.45, 2.75) is 46.0 Å². The van der Waals surface area contributed by atoms with E-state index in [4.69, 9.17) is 14.2 Å². The van der Waals surface area contributed by atoms with E-state index in [9.17, 15) is 9.59 Å². The molecule has 3 rings (SSSR count). The summed E-state index contributed by atoms with van der Waals surface area (Å²) in [6, 6.07) is 16.0. The van der Waals surface area contributed by atoms with Gasteiger partial charge in [0.05, 0.1) is 19.4 Å². The molecule has 1 aromatic heterocycles. The number of aryl methyl sites for hydroxylation is 1. The third-order valence-corrected chi connectivity index (χ3v) is 5.17. The Balaban J connectivity index is 1.86. The maximum atomic E-state index is 13.3. The Labute approximate surface area is 199 Å². The SMILES string of the molecule is CCOC(=O)CCc1ccc(N(C(=O)Oc2ccc(OC)cc2)c2cc(C(C)(C)C)[nH]n2)cc1. The molecule has 8 nitrogen and oxygen atoms in total. The first-order valence-corrected chi connectivity index (χ1v) is 11.2. The molecule has 1 heterocycles. The molecule has 0 bridgehead atoms. The first kappa shape index (κ1) is 24.8. The second-order valence-corrected chi connectivity index (χ2v) is 8.74. The van der Waals surface area contributed by atoms with Gasteiger partial charge < -0.3 is 14.2 Å². The number of nitrogens with zero attached hydrogens (tertiary/aromatic N) is 2. The van der Waals surface area contributed by atoms with E-state index >= 15 is 0 Å². The lowest BCUT2D eigenvalue weighted by Gasteiger charge is -2.20. The number of amides is 1. The van der Waals surface area contributed by atoms with Crippen LogP contribution < -0.4 is 14.4 Å². The highest BCUT2D eigenvalue weighted by Gasteiger charge is 2.26. The second kappa shape index (κ2) is 10.9. The van der Waals surface area contributed by atoms with Crippen molar-refractivity contribution in [2.24, 2.45) is 0 Å². The van der Waals surface area contributed by atoms with Gasteiger partial charge in [-0.1, -0.05) is 32.9 Å². The molecule has 180 valence electrons. The summed E-state index contributed by atoms with van der Waals surface area (Å²) in [7, 11) is 1.57. The third kappa shape index (κ3) is 6.37. The fraction of sp³-hybridized carbons (Fsp3) is 0.346. The lowest BCUT2D eigenvalue weighted by molar-refractivity contribution is -0.143. The summed E-state index contributed by atoms with van der Waals surface area (Å²) >= 11 is 0. The second-order valence-electron chi connectivity index (χ2n) is 8.74. The molecule has 1 N–H and O–H groups in total. The Morgan fingerprint density at radius 3 is 2.21 bits per heavy atom. The van der Waals surface area contributed by atoms with Gasteiger partial charge in [0.15, 0.2) is 5.82 Å². The molecule has 0 atom stereocenters. The summed E-state index contributed by atoms with van der Waals surface area (Å²) in [5.74, 6) is 1.23. The van der Waals surface area contributed by atoms with Crippen molar-refractivity contribution in [1.82, 2.24) is 10.2 Å². The topological polar surface area (TPSA) is 93.8 Å². The smallest absolute Gasteiger partial charge is 0.425 e. The van der Waals surface area contributed by atoms with Crippen LogP contribution in [0.15, 0.2) is 54.6 Å². The molecule has 0 saturated carbocycles. The van der Waals surface area contributed by atoms with Crippen LogP contribution in [0, 0.1) is 0 Å². The fourth-order valence-corrected chi connectivity index (χ4v) is 3.22. The van der Waals surface area contributed by atoms with Crippen LogP contribution in [-0.4, -0.2) is 36.0 Å². The number of ether oxygens (including phenoxy) is 3. The number of aromatic amines is 1. The third-order valence-electron chi connectivity index (χ3n) is 5.17. The molecular weight excluding hydrogens is 434 g/mol. The Kier molecular flexibility index (Phi) is 7.94. The van der Waals surface area contributed by atoms with E-state index < -0.39 is 6.09 Å². The zero-order valence-electron chi connectivity index (χ0n) is 20.3. The van der Waals surface area contributed by atoms with Crippen molar-refractivity contribution < 1.29 is 23.8 Å². The van der Waals surface area contributed by atoms with Crippen molar-refractivity contribution in [3.63, 3.8) is 0 Å². The quantitative estimate of drug-likeness (QED) is 0.439. The van der Waals surface area contributed by atoms with Crippen LogP contribution in [0.3, 0.4) is 0 Å². The molecule has 0 aliphatic carbocycles. The number of nitrogens with one attached hydrogen (secondary N) is 1. The summed E-state index contributed by atoms with van der Waals surface area (Å²) in [5.41, 5.74) is 2.26. The number of carbonyl (C=O) groups excluding carboxylic acids is 2. The van der Waals surface area contributed by atoms with Gasteiger partial charge in [0, 0.05) is 23.6 Å². The normalized spacial score (nSPS) is 11.1. The molecule has 34 heavy (non-hydrogen) atoms. The van der Waals surface area contributed by atoms with Gasteiger partial charge in [-0.3, -0.25) is 9.89 Å². The van der Waals surface area contributed by atoms with Crippen LogP contribution in [0.1, 0.15) is 45.4 Å². The number of aromatic nitrogens is 2. The number of H-pyrrole nitrogens is 1. The maximum Gasteiger partial charge on any atom is 0.425 e. The lowest BCUT2D eigenvalue weighted by atomic mass is 9.92. The first-order chi connectivity index (χ1) is 16.2. The van der Waals surface area contributed by atoms with Gasteiger partial charge in [-0.15, -0.1) is 0 Å². The summed E-state index contributed by atoms with van der Waals surface area (Å²) < 4.78 is 15.8. The number of carbonyl (C=O) groups is 2. The Hall–Kier alpha value is -3.81. The van der Waals surface area contributed by atoms with Gasteiger partial charge in [-0.05, 0) is 55.3 Å². The van der Waals surface area contributed by atoms with Gasteiger partial charge in [0.2, 0.25) is 0 Å². The number of rotatable bonds is 8. The molecule has 2 aromatic carbocycles. The van der Waals surface area contributed by atoms with Crippen LogP contribution in [0.4, 0.5) is 16.3 Å². The van der Waals surface area contributed by atoms with Gasteiger partial charge in [0.1, 0.15) is 11.5 Å². The zero-order chi connectivity index (χ0) is 24.7. The van der Waals surface area contributed by atoms with E-state index in [0.717, 1.165) is 11.3 Å². The predicted molar refractivity (Wildman–Crippen MR) is 130 cm³/mol. The maximum absolute atomic E-state index is 13.3. The molecule has 1 amide bonds. The minimum Gasteiger partial charge on any atom is -0.497 e. The number of esters is 1. The molecule has 0 fully saturated rings. The zero-order valence-corrected chi connectivity index (χ0v) is 20.3. The Bertz CT molecular complexity index is 1100. The summed E-state index contributed by atoms with van der Waals surface area (Å²) in [4.78, 5) is 26.3. The highest BCUT2D eigenvalue weighted by atomic mass is 16.6. The average molecular weight is 466 g/mol. The van der Waals surface area contributed by atoms with Crippen LogP contribution in [-0.2, 0) is 21.4 Å². The van der Waals surface area contributed by atoms with Crippen LogP contribution >= 0.6 is 0 Å². The van der Waals surface area contributed by atoms with Crippen molar-refractivity contribution >= 4 is 23.6 Å². The minimum atomic E-state index is -0.601. The van der Waals surface area contributed by atoms with Crippen molar-refractivity contribution in [2.75, 3.05) is 18.6 Å². The number of hydrogen-bond donors (Lipinski definition) is 1. The number of hydrogen-bond acceptors (Lipinski definition) is 6. The van der Waals surface area contributed by atoms with E-state index in [1.54, 1.807) is 50.4 Å². The van der Waals surface area contributed by atoms with Crippen molar-refractivity contribution in [3.8, 4) is 11.5 Å². The molecular formula is C26H31N3O5. The molecule has 0 spiro atoms. The van der Waals surface area contributed by atoms with E-state index in [2.05, 4.69) is 31.0 Å². The predicted octanol–water partition coefficient (Wildman–Crippen LogP) is 5.55. The van der Waals surface area contributed by atoms with Crippen molar-refractivity contribution in [1.29, 1.82) is 0 Å². The van der Waals surface area contributed by atoms with E-state index in [1.165, 1.54) is 4.90 Å². The highest BCUT2D eigenvalue weighted by Crippen LogP contribution is 2.30. The summed E-state index contributed by atoms with van der Waals surface area (Å²) in [6.45, 7) is 8.32. The van der Waals surface area contributed by atoms with Gasteiger partial charge in [-0.2, -0.15) is 5.10 Å². The monoisotopic (exact) mass is 465 g/mol. The van der Waals surface area contributed by atoms with E-state index in [0.29, 0.717) is 42.5 Å². The summed E-state index contributed by atoms with van der Waals surface area (Å²) in [5, 5.41) is 7.39. The number of benzene rings is 2. The minimum absolute atomic E-state index is 0.173. The summed E-state index contributed by atoms with van der Waals surface area (Å²) in [6.07, 6.45) is 0.243. The van der Waals surface area contributed by atoms with Crippen LogP contribution in [0.5, 0.6) is 11.5 Å². The van der Waals surface area contributed by atoms with Gasteiger partial charge >= 0.3 is 12.1 Å². The van der Waals surface area contributed by atoms with Crippen molar-refractivity contribution in [3.05, 3.63) is 65.9 Å². The van der Waals surface area contributed by atoms with Gasteiger partial charge in [-0.25, -0.2) is 9.69 Å². The Morgan fingerprint density at radius 1 is 1.00 bits per heavy atom. The number of methoxy groups -OCH3 is 1. The van der Waals surface area contributed by atoms with Gasteiger partial charge in [0.25, 0.3) is 0 Å². The lowest BCUT2D eigenvalue weighted by Crippen LogP contribution is -2.29. The molecule has 0 radical (unpaired) electrons. The largest absolute Gasteiger partial charge is 0.497 e. The molecule has 0 unspecified atom stereocenters. The molecule has 0 saturated heterocycles. The highest BCUT2D eigenvalue weighted by molar-refractivity contribution is 5.96. The van der Waals surface area contributed by atoms with E-state index in [-0.39, 0.29) is 11.4 Å². The van der Waals surface area contributed by atoms with E-state index in [1.807, 2.05) is 18.2 Å². The molecule has 0 aliphatic heterocycles.